The van der Waals surface area contributed by atoms with Gasteiger partial charge >= 0.3 is 0 Å². The molecule has 184 valence electrons. The van der Waals surface area contributed by atoms with Crippen LogP contribution >= 0.6 is 35.0 Å². The van der Waals surface area contributed by atoms with Crippen molar-refractivity contribution in [3.05, 3.63) is 68.7 Å². The van der Waals surface area contributed by atoms with Crippen LogP contribution in [0.2, 0.25) is 10.0 Å². The predicted octanol–water partition coefficient (Wildman–Crippen LogP) is 6.71. The highest BCUT2D eigenvalue weighted by Crippen LogP contribution is 2.25. The fourth-order valence-corrected chi connectivity index (χ4v) is 5.79. The Balaban J connectivity index is 1.69. The van der Waals surface area contributed by atoms with E-state index in [1.807, 2.05) is 6.07 Å². The zero-order valence-electron chi connectivity index (χ0n) is 20.2. The Bertz CT molecular complexity index is 988. The van der Waals surface area contributed by atoms with Crippen LogP contribution < -0.4 is 5.32 Å². The number of amides is 2. The van der Waals surface area contributed by atoms with Crippen molar-refractivity contribution in [2.24, 2.45) is 0 Å². The number of nitrogens with one attached hydrogen (secondary N) is 1. The Morgan fingerprint density at radius 2 is 1.74 bits per heavy atom. The molecule has 3 rings (SSSR count). The number of benzene rings is 2. The second-order valence-corrected chi connectivity index (χ2v) is 11.1. The van der Waals surface area contributed by atoms with Crippen LogP contribution in [0.15, 0.2) is 36.4 Å². The molecule has 0 spiro atoms. The van der Waals surface area contributed by atoms with Gasteiger partial charge in [-0.25, -0.2) is 0 Å². The summed E-state index contributed by atoms with van der Waals surface area (Å²) in [6.45, 7) is 6.22. The maximum Gasteiger partial charge on any atom is 0.242 e. The highest BCUT2D eigenvalue weighted by atomic mass is 35.5. The van der Waals surface area contributed by atoms with Gasteiger partial charge in [-0.05, 0) is 56.9 Å². The number of aryl methyl sites for hydroxylation is 2. The molecule has 0 aliphatic heterocycles. The van der Waals surface area contributed by atoms with Gasteiger partial charge < -0.3 is 10.2 Å². The molecule has 0 saturated heterocycles. The first kappa shape index (κ1) is 26.9. The molecule has 1 atom stereocenters. The summed E-state index contributed by atoms with van der Waals surface area (Å²) in [5.74, 6) is 0.849. The standard InChI is InChI=1S/C27H34Cl2N2O2S/c1-18-11-19(2)13-21(12-18)16-34-17-26(32)31(15-22-9-10-23(28)14-25(22)29)20(3)27(33)30-24-7-5-4-6-8-24/h9-14,20,24H,4-8,15-17H2,1-3H3,(H,30,33). The number of carbonyl (C=O) groups is 2. The number of hydrogen-bond donors (Lipinski definition) is 1. The minimum Gasteiger partial charge on any atom is -0.352 e. The fraction of sp³-hybridized carbons (Fsp3) is 0.481. The zero-order chi connectivity index (χ0) is 24.7. The second kappa shape index (κ2) is 12.9. The third-order valence-electron chi connectivity index (χ3n) is 6.25. The number of thioether (sulfide) groups is 1. The Kier molecular flexibility index (Phi) is 10.2. The summed E-state index contributed by atoms with van der Waals surface area (Å²) < 4.78 is 0. The quantitative estimate of drug-likeness (QED) is 0.399. The van der Waals surface area contributed by atoms with Crippen molar-refractivity contribution in [1.82, 2.24) is 10.2 Å². The molecule has 7 heteroatoms. The SMILES string of the molecule is Cc1cc(C)cc(CSCC(=O)N(Cc2ccc(Cl)cc2Cl)C(C)C(=O)NC2CCCCC2)c1. The summed E-state index contributed by atoms with van der Waals surface area (Å²) in [7, 11) is 0. The Hall–Kier alpha value is -1.69. The molecule has 1 unspecified atom stereocenters. The van der Waals surface area contributed by atoms with Crippen molar-refractivity contribution >= 4 is 46.8 Å². The third-order valence-corrected chi connectivity index (χ3v) is 7.83. The molecule has 0 radical (unpaired) electrons. The average molecular weight is 522 g/mol. The predicted molar refractivity (Wildman–Crippen MR) is 144 cm³/mol. The molecular weight excluding hydrogens is 487 g/mol. The summed E-state index contributed by atoms with van der Waals surface area (Å²) in [6.07, 6.45) is 5.50. The number of carbonyl (C=O) groups excluding carboxylic acids is 2. The molecule has 2 aromatic carbocycles. The molecule has 0 heterocycles. The summed E-state index contributed by atoms with van der Waals surface area (Å²) in [6, 6.07) is 11.3. The van der Waals surface area contributed by atoms with E-state index in [-0.39, 0.29) is 24.4 Å². The lowest BCUT2D eigenvalue weighted by molar-refractivity contribution is -0.139. The number of rotatable bonds is 9. The van der Waals surface area contributed by atoms with Crippen LogP contribution in [-0.2, 0) is 21.9 Å². The van der Waals surface area contributed by atoms with Gasteiger partial charge in [-0.1, -0.05) is 77.9 Å². The van der Waals surface area contributed by atoms with Gasteiger partial charge in [0.1, 0.15) is 6.04 Å². The van der Waals surface area contributed by atoms with Crippen LogP contribution in [0.5, 0.6) is 0 Å². The third kappa shape index (κ3) is 7.93. The molecule has 1 aliphatic carbocycles. The maximum absolute atomic E-state index is 13.3. The van der Waals surface area contributed by atoms with E-state index >= 15 is 0 Å². The molecule has 1 fully saturated rings. The van der Waals surface area contributed by atoms with Gasteiger partial charge in [-0.3, -0.25) is 9.59 Å². The lowest BCUT2D eigenvalue weighted by atomic mass is 9.95. The Morgan fingerprint density at radius 3 is 2.38 bits per heavy atom. The lowest BCUT2D eigenvalue weighted by Gasteiger charge is -2.31. The largest absolute Gasteiger partial charge is 0.352 e. The van der Waals surface area contributed by atoms with E-state index in [1.165, 1.54) is 23.1 Å². The summed E-state index contributed by atoms with van der Waals surface area (Å²) in [4.78, 5) is 28.1. The van der Waals surface area contributed by atoms with E-state index in [9.17, 15) is 9.59 Å². The number of nitrogens with zero attached hydrogens (tertiary/aromatic N) is 1. The minimum absolute atomic E-state index is 0.0771. The molecule has 1 N–H and O–H groups in total. The molecule has 1 saturated carbocycles. The molecule has 0 bridgehead atoms. The lowest BCUT2D eigenvalue weighted by Crippen LogP contribution is -2.50. The highest BCUT2D eigenvalue weighted by Gasteiger charge is 2.28. The van der Waals surface area contributed by atoms with Crippen LogP contribution in [0.4, 0.5) is 0 Å². The minimum atomic E-state index is -0.594. The number of hydrogen-bond acceptors (Lipinski definition) is 3. The van der Waals surface area contributed by atoms with E-state index in [4.69, 9.17) is 23.2 Å². The van der Waals surface area contributed by atoms with E-state index in [0.29, 0.717) is 15.8 Å². The van der Waals surface area contributed by atoms with Crippen LogP contribution in [0.1, 0.15) is 61.3 Å². The van der Waals surface area contributed by atoms with Gasteiger partial charge in [0, 0.05) is 28.4 Å². The topological polar surface area (TPSA) is 49.4 Å². The van der Waals surface area contributed by atoms with Crippen molar-refractivity contribution in [3.8, 4) is 0 Å². The Labute approximate surface area is 217 Å². The molecule has 4 nitrogen and oxygen atoms in total. The molecule has 34 heavy (non-hydrogen) atoms. The first-order chi connectivity index (χ1) is 16.2. The summed E-state index contributed by atoms with van der Waals surface area (Å²) in [5.41, 5.74) is 4.41. The Morgan fingerprint density at radius 1 is 1.06 bits per heavy atom. The zero-order valence-corrected chi connectivity index (χ0v) is 22.5. The molecule has 2 aromatic rings. The first-order valence-corrected chi connectivity index (χ1v) is 13.8. The highest BCUT2D eigenvalue weighted by molar-refractivity contribution is 7.99. The molecule has 2 amide bonds. The second-order valence-electron chi connectivity index (χ2n) is 9.27. The van der Waals surface area contributed by atoms with Gasteiger partial charge in [0.25, 0.3) is 0 Å². The van der Waals surface area contributed by atoms with Crippen LogP contribution in [0, 0.1) is 13.8 Å². The van der Waals surface area contributed by atoms with Crippen LogP contribution in [0.25, 0.3) is 0 Å². The van der Waals surface area contributed by atoms with Gasteiger partial charge in [0.05, 0.1) is 5.75 Å². The van der Waals surface area contributed by atoms with E-state index < -0.39 is 6.04 Å². The summed E-state index contributed by atoms with van der Waals surface area (Å²) in [5, 5.41) is 4.20. The van der Waals surface area contributed by atoms with E-state index in [0.717, 1.165) is 37.0 Å². The van der Waals surface area contributed by atoms with Crippen LogP contribution in [0.3, 0.4) is 0 Å². The van der Waals surface area contributed by atoms with Gasteiger partial charge in [-0.2, -0.15) is 0 Å². The van der Waals surface area contributed by atoms with Crippen LogP contribution in [-0.4, -0.2) is 34.6 Å². The first-order valence-electron chi connectivity index (χ1n) is 11.9. The average Bonchev–Trinajstić information content (AvgIpc) is 2.78. The normalized spacial score (nSPS) is 15.1. The smallest absolute Gasteiger partial charge is 0.242 e. The molecule has 1 aliphatic rings. The van der Waals surface area contributed by atoms with E-state index in [2.05, 4.69) is 37.4 Å². The van der Waals surface area contributed by atoms with Gasteiger partial charge in [0.15, 0.2) is 0 Å². The van der Waals surface area contributed by atoms with Gasteiger partial charge in [-0.15, -0.1) is 11.8 Å². The van der Waals surface area contributed by atoms with Crippen molar-refractivity contribution in [1.29, 1.82) is 0 Å². The fourth-order valence-electron chi connectivity index (χ4n) is 4.48. The number of halogens is 2. The van der Waals surface area contributed by atoms with Crippen molar-refractivity contribution in [2.75, 3.05) is 5.75 Å². The van der Waals surface area contributed by atoms with E-state index in [1.54, 1.807) is 35.7 Å². The van der Waals surface area contributed by atoms with Crippen molar-refractivity contribution in [2.45, 2.75) is 77.3 Å². The molecule has 0 aromatic heterocycles. The van der Waals surface area contributed by atoms with Crippen molar-refractivity contribution in [3.63, 3.8) is 0 Å². The monoisotopic (exact) mass is 520 g/mol. The summed E-state index contributed by atoms with van der Waals surface area (Å²) >= 11 is 14.0. The molecular formula is C27H34Cl2N2O2S. The maximum atomic E-state index is 13.3. The van der Waals surface area contributed by atoms with Crippen molar-refractivity contribution < 1.29 is 9.59 Å². The van der Waals surface area contributed by atoms with Gasteiger partial charge in [0.2, 0.25) is 11.8 Å².